The Morgan fingerprint density at radius 3 is 2.71 bits per heavy atom. The Balaban J connectivity index is 1.86. The van der Waals surface area contributed by atoms with Crippen LogP contribution in [0.4, 0.5) is 0 Å². The van der Waals surface area contributed by atoms with Crippen molar-refractivity contribution in [1.82, 2.24) is 5.32 Å². The lowest BCUT2D eigenvalue weighted by Gasteiger charge is -2.35. The number of aliphatic carboxylic acids is 1. The maximum atomic E-state index is 10.9. The fraction of sp³-hybridized carbons (Fsp3) is 0.562. The molecule has 2 rings (SSSR count). The molecule has 21 heavy (non-hydrogen) atoms. The maximum absolute atomic E-state index is 10.9. The molecule has 1 saturated carbocycles. The topological polar surface area (TPSA) is 69.6 Å². The minimum atomic E-state index is -0.807. The molecule has 4 nitrogen and oxygen atoms in total. The van der Waals surface area contributed by atoms with E-state index in [0.717, 1.165) is 5.56 Å². The normalized spacial score (nSPS) is 27.3. The van der Waals surface area contributed by atoms with Gasteiger partial charge in [0.25, 0.3) is 0 Å². The van der Waals surface area contributed by atoms with Gasteiger partial charge in [0.2, 0.25) is 0 Å². The van der Waals surface area contributed by atoms with Gasteiger partial charge in [-0.15, -0.1) is 0 Å². The average Bonchev–Trinajstić information content (AvgIpc) is 2.45. The summed E-state index contributed by atoms with van der Waals surface area (Å²) in [7, 11) is 0. The summed E-state index contributed by atoms with van der Waals surface area (Å²) in [5, 5.41) is 23.6. The molecule has 0 aromatic heterocycles. The van der Waals surface area contributed by atoms with Crippen LogP contribution in [-0.2, 0) is 4.79 Å². The molecule has 0 unspecified atom stereocenters. The molecule has 3 N–H and O–H groups in total. The van der Waals surface area contributed by atoms with Gasteiger partial charge in [0.05, 0.1) is 11.5 Å². The number of benzene rings is 1. The van der Waals surface area contributed by atoms with Crippen LogP contribution < -0.4 is 5.32 Å². The number of rotatable bonds is 5. The molecule has 1 aromatic rings. The van der Waals surface area contributed by atoms with Gasteiger partial charge in [-0.2, -0.15) is 0 Å². The average molecular weight is 312 g/mol. The Labute approximate surface area is 130 Å². The van der Waals surface area contributed by atoms with E-state index in [2.05, 4.69) is 5.32 Å². The van der Waals surface area contributed by atoms with E-state index in [9.17, 15) is 9.90 Å². The summed E-state index contributed by atoms with van der Waals surface area (Å²) in [5.74, 6) is -1.06. The predicted molar refractivity (Wildman–Crippen MR) is 82.4 cm³/mol. The van der Waals surface area contributed by atoms with Gasteiger partial charge in [0, 0.05) is 17.6 Å². The van der Waals surface area contributed by atoms with E-state index in [-0.39, 0.29) is 12.0 Å². The number of halogens is 1. The lowest BCUT2D eigenvalue weighted by atomic mass is 9.78. The molecule has 0 heterocycles. The number of carboxylic acid groups (broad SMARTS) is 1. The Morgan fingerprint density at radius 1 is 1.48 bits per heavy atom. The molecule has 0 aliphatic heterocycles. The molecule has 1 aliphatic rings. The minimum Gasteiger partial charge on any atom is -0.481 e. The van der Waals surface area contributed by atoms with Gasteiger partial charge in [-0.3, -0.25) is 4.79 Å². The van der Waals surface area contributed by atoms with E-state index in [1.54, 1.807) is 0 Å². The molecular weight excluding hydrogens is 290 g/mol. The summed E-state index contributed by atoms with van der Waals surface area (Å²) in [6.07, 6.45) is 2.14. The summed E-state index contributed by atoms with van der Waals surface area (Å²) in [4.78, 5) is 10.9. The van der Waals surface area contributed by atoms with Crippen molar-refractivity contribution >= 4 is 17.6 Å². The minimum absolute atomic E-state index is 0.0879. The van der Waals surface area contributed by atoms with Crippen LogP contribution in [0.15, 0.2) is 24.3 Å². The fourth-order valence-corrected chi connectivity index (χ4v) is 3.01. The van der Waals surface area contributed by atoms with E-state index < -0.39 is 11.6 Å². The van der Waals surface area contributed by atoms with E-state index >= 15 is 0 Å². The SMILES string of the molecule is C[C@H](NCC1(O)CCC(C(=O)O)CC1)c1cccc(Cl)c1. The lowest BCUT2D eigenvalue weighted by Crippen LogP contribution is -2.45. The zero-order valence-electron chi connectivity index (χ0n) is 12.2. The van der Waals surface area contributed by atoms with Crippen molar-refractivity contribution in [3.63, 3.8) is 0 Å². The third-order valence-corrected chi connectivity index (χ3v) is 4.59. The largest absolute Gasteiger partial charge is 0.481 e. The zero-order valence-corrected chi connectivity index (χ0v) is 12.9. The quantitative estimate of drug-likeness (QED) is 0.782. The first-order chi connectivity index (χ1) is 9.89. The number of nitrogens with one attached hydrogen (secondary N) is 1. The molecule has 0 radical (unpaired) electrons. The van der Waals surface area contributed by atoms with Crippen molar-refractivity contribution in [3.8, 4) is 0 Å². The molecule has 0 bridgehead atoms. The molecule has 0 amide bonds. The predicted octanol–water partition coefficient (Wildman–Crippen LogP) is 3.00. The second kappa shape index (κ2) is 6.77. The van der Waals surface area contributed by atoms with Crippen LogP contribution in [0.5, 0.6) is 0 Å². The Bertz CT molecular complexity index is 498. The van der Waals surface area contributed by atoms with Gasteiger partial charge < -0.3 is 15.5 Å². The zero-order chi connectivity index (χ0) is 15.5. The molecule has 1 fully saturated rings. The molecule has 1 atom stereocenters. The highest BCUT2D eigenvalue weighted by atomic mass is 35.5. The van der Waals surface area contributed by atoms with Crippen molar-refractivity contribution < 1.29 is 15.0 Å². The third kappa shape index (κ3) is 4.43. The number of hydrogen-bond donors (Lipinski definition) is 3. The maximum Gasteiger partial charge on any atom is 0.306 e. The highest BCUT2D eigenvalue weighted by Crippen LogP contribution is 2.32. The third-order valence-electron chi connectivity index (χ3n) is 4.35. The van der Waals surface area contributed by atoms with Crippen molar-refractivity contribution in [1.29, 1.82) is 0 Å². The highest BCUT2D eigenvalue weighted by Gasteiger charge is 2.35. The molecule has 1 aliphatic carbocycles. The van der Waals surface area contributed by atoms with E-state index in [1.807, 2.05) is 31.2 Å². The second-order valence-electron chi connectivity index (χ2n) is 5.99. The van der Waals surface area contributed by atoms with Gasteiger partial charge in [-0.1, -0.05) is 23.7 Å². The lowest BCUT2D eigenvalue weighted by molar-refractivity contribution is -0.144. The van der Waals surface area contributed by atoms with E-state index in [1.165, 1.54) is 0 Å². The number of carboxylic acids is 1. The molecule has 1 aromatic carbocycles. The van der Waals surface area contributed by atoms with Gasteiger partial charge >= 0.3 is 5.97 Å². The van der Waals surface area contributed by atoms with E-state index in [4.69, 9.17) is 16.7 Å². The number of carbonyl (C=O) groups is 1. The summed E-state index contributed by atoms with van der Waals surface area (Å²) >= 11 is 5.98. The van der Waals surface area contributed by atoms with Gasteiger partial charge in [0.1, 0.15) is 0 Å². The second-order valence-corrected chi connectivity index (χ2v) is 6.43. The van der Waals surface area contributed by atoms with Crippen LogP contribution in [0.25, 0.3) is 0 Å². The first-order valence-corrected chi connectivity index (χ1v) is 7.71. The van der Waals surface area contributed by atoms with Crippen LogP contribution in [0.3, 0.4) is 0 Å². The first kappa shape index (κ1) is 16.3. The smallest absolute Gasteiger partial charge is 0.306 e. The fourth-order valence-electron chi connectivity index (χ4n) is 2.82. The molecule has 116 valence electrons. The van der Waals surface area contributed by atoms with Crippen molar-refractivity contribution in [2.45, 2.75) is 44.2 Å². The van der Waals surface area contributed by atoms with Crippen molar-refractivity contribution in [3.05, 3.63) is 34.9 Å². The molecular formula is C16H22ClNO3. The highest BCUT2D eigenvalue weighted by molar-refractivity contribution is 6.30. The Kier molecular flexibility index (Phi) is 5.25. The summed E-state index contributed by atoms with van der Waals surface area (Å²) in [5.41, 5.74) is 0.268. The number of aliphatic hydroxyl groups is 1. The summed E-state index contributed by atoms with van der Waals surface area (Å²) in [6, 6.07) is 7.73. The molecule has 5 heteroatoms. The molecule has 0 spiro atoms. The summed E-state index contributed by atoms with van der Waals surface area (Å²) < 4.78 is 0. The Morgan fingerprint density at radius 2 is 2.14 bits per heavy atom. The molecule has 0 saturated heterocycles. The van der Waals surface area contributed by atoms with Crippen molar-refractivity contribution in [2.75, 3.05) is 6.54 Å². The van der Waals surface area contributed by atoms with Crippen LogP contribution in [0.2, 0.25) is 5.02 Å². The van der Waals surface area contributed by atoms with Crippen LogP contribution in [0, 0.1) is 5.92 Å². The van der Waals surface area contributed by atoms with Crippen LogP contribution in [0.1, 0.15) is 44.2 Å². The Hall–Kier alpha value is -1.10. The monoisotopic (exact) mass is 311 g/mol. The summed E-state index contributed by atoms with van der Waals surface area (Å²) in [6.45, 7) is 2.49. The van der Waals surface area contributed by atoms with Crippen LogP contribution >= 0.6 is 11.6 Å². The van der Waals surface area contributed by atoms with Gasteiger partial charge in [-0.25, -0.2) is 0 Å². The van der Waals surface area contributed by atoms with Crippen LogP contribution in [-0.4, -0.2) is 28.3 Å². The van der Waals surface area contributed by atoms with Gasteiger partial charge in [0.15, 0.2) is 0 Å². The van der Waals surface area contributed by atoms with E-state index in [0.29, 0.717) is 37.3 Å². The van der Waals surface area contributed by atoms with Crippen molar-refractivity contribution in [2.24, 2.45) is 5.92 Å². The number of hydrogen-bond acceptors (Lipinski definition) is 3. The standard InChI is InChI=1S/C16H22ClNO3/c1-11(13-3-2-4-14(17)9-13)18-10-16(21)7-5-12(6-8-16)15(19)20/h2-4,9,11-12,18,21H,5-8,10H2,1H3,(H,19,20)/t11-,12?,16?/m0/s1. The van der Waals surface area contributed by atoms with Gasteiger partial charge in [-0.05, 0) is 50.3 Å². The first-order valence-electron chi connectivity index (χ1n) is 7.34.